The Morgan fingerprint density at radius 2 is 1.65 bits per heavy atom. The fraction of sp³-hybridized carbons (Fsp3) is 0.172. The van der Waals surface area contributed by atoms with E-state index in [1.54, 1.807) is 6.92 Å². The Labute approximate surface area is 237 Å². The van der Waals surface area contributed by atoms with Crippen LogP contribution in [-0.4, -0.2) is 34.7 Å². The molecule has 0 saturated carbocycles. The summed E-state index contributed by atoms with van der Waals surface area (Å²) in [5.74, 6) is -1.32. The molecule has 0 radical (unpaired) electrons. The molecule has 2 heterocycles. The molecule has 0 spiro atoms. The molecule has 40 heavy (non-hydrogen) atoms. The average molecular weight is 566 g/mol. The highest BCUT2D eigenvalue weighted by Gasteiger charge is 2.18. The van der Waals surface area contributed by atoms with Crippen LogP contribution in [0.2, 0.25) is 0 Å². The van der Waals surface area contributed by atoms with Crippen LogP contribution < -0.4 is 27.8 Å². The minimum absolute atomic E-state index is 0.0147. The van der Waals surface area contributed by atoms with Gasteiger partial charge in [0, 0.05) is 29.6 Å². The molecule has 1 aliphatic rings. The van der Waals surface area contributed by atoms with Crippen LogP contribution in [0.25, 0.3) is 0 Å². The van der Waals surface area contributed by atoms with Crippen molar-refractivity contribution in [2.45, 2.75) is 25.9 Å². The number of nitrogens with two attached hydrogens (primary N) is 3. The number of hydrogen-bond acceptors (Lipinski definition) is 9. The predicted octanol–water partition coefficient (Wildman–Crippen LogP) is 4.48. The van der Waals surface area contributed by atoms with Gasteiger partial charge in [-0.3, -0.25) is 0 Å². The first-order valence-corrected chi connectivity index (χ1v) is 13.1. The number of nitrogens with one attached hydrogen (secondary N) is 2. The van der Waals surface area contributed by atoms with Gasteiger partial charge in [-0.05, 0) is 56.3 Å². The van der Waals surface area contributed by atoms with Crippen molar-refractivity contribution in [3.63, 3.8) is 0 Å². The third-order valence-electron chi connectivity index (χ3n) is 5.30. The summed E-state index contributed by atoms with van der Waals surface area (Å²) >= 11 is 1.33. The first-order valence-electron chi connectivity index (χ1n) is 12.3. The number of allylic oxidation sites excluding steroid dienone is 1. The highest BCUT2D eigenvalue weighted by Crippen LogP contribution is 2.17. The second kappa shape index (κ2) is 16.4. The number of dihydropyridines is 1. The molecule has 10 nitrogen and oxygen atoms in total. The maximum absolute atomic E-state index is 11.0. The van der Waals surface area contributed by atoms with Crippen LogP contribution in [0.1, 0.15) is 25.6 Å². The van der Waals surface area contributed by atoms with E-state index in [-0.39, 0.29) is 35.5 Å². The molecule has 0 fully saturated rings. The number of hydrogen-bond donors (Lipinski definition) is 7. The van der Waals surface area contributed by atoms with Gasteiger partial charge in [-0.1, -0.05) is 42.5 Å². The molecule has 3 aromatic rings. The van der Waals surface area contributed by atoms with Crippen molar-refractivity contribution >= 4 is 34.9 Å². The van der Waals surface area contributed by atoms with Crippen LogP contribution in [0.5, 0.6) is 0 Å². The maximum Gasteiger partial charge on any atom is 0.335 e. The number of anilines is 2. The average Bonchev–Trinajstić information content (AvgIpc) is 2.91. The monoisotopic (exact) mass is 565 g/mol. The Bertz CT molecular complexity index is 1290. The number of carboxylic acids is 2. The standard InChI is InChI=1S/C13H17N3O4.C12H11N.C4H7NOS/c1-2-7(12(17)18)4-10(15)11-5-8(13(19)20)3-9(6-14)16-11;1-3-7-11(8-4-1)13-12-9-5-2-6-10-12;1-3(5)4-2-7-6-4/h2-5,9,16H,6,14-15H2,1H3,(H,17,18)(H,19,20);1-10,13H;2-3H,5H2,1H3/b7-2+,10-4-;;. The first kappa shape index (κ1) is 31.6. The zero-order valence-corrected chi connectivity index (χ0v) is 23.1. The van der Waals surface area contributed by atoms with Gasteiger partial charge in [0.2, 0.25) is 0 Å². The van der Waals surface area contributed by atoms with Gasteiger partial charge >= 0.3 is 11.9 Å². The van der Waals surface area contributed by atoms with Crippen LogP contribution in [0.4, 0.5) is 11.4 Å². The Morgan fingerprint density at radius 3 is 2.00 bits per heavy atom. The lowest BCUT2D eigenvalue weighted by Crippen LogP contribution is -2.38. The number of para-hydroxylation sites is 2. The lowest BCUT2D eigenvalue weighted by atomic mass is 10.0. The summed E-state index contributed by atoms with van der Waals surface area (Å²) in [6.45, 7) is 3.66. The van der Waals surface area contributed by atoms with E-state index in [1.165, 1.54) is 35.9 Å². The number of carboxylic acid groups (broad SMARTS) is 2. The summed E-state index contributed by atoms with van der Waals surface area (Å²) < 4.78 is 4.84. The molecule has 10 N–H and O–H groups in total. The molecule has 4 rings (SSSR count). The van der Waals surface area contributed by atoms with Gasteiger partial charge in [0.05, 0.1) is 40.0 Å². The molecular formula is C29H35N5O5S. The third-order valence-corrected chi connectivity index (χ3v) is 5.91. The molecule has 0 aliphatic carbocycles. The smallest absolute Gasteiger partial charge is 0.335 e. The topological polar surface area (TPSA) is 190 Å². The van der Waals surface area contributed by atoms with Crippen molar-refractivity contribution in [3.05, 3.63) is 119 Å². The van der Waals surface area contributed by atoms with Crippen molar-refractivity contribution in [2.24, 2.45) is 17.2 Å². The fourth-order valence-electron chi connectivity index (χ4n) is 3.14. The van der Waals surface area contributed by atoms with Crippen LogP contribution in [0, 0.1) is 0 Å². The predicted molar refractivity (Wildman–Crippen MR) is 159 cm³/mol. The summed E-state index contributed by atoms with van der Waals surface area (Å²) in [5, 5.41) is 26.1. The second-order valence-corrected chi connectivity index (χ2v) is 9.06. The van der Waals surface area contributed by atoms with Crippen LogP contribution >= 0.6 is 11.6 Å². The Morgan fingerprint density at radius 1 is 1.10 bits per heavy atom. The Balaban J connectivity index is 0.000000237. The zero-order valence-electron chi connectivity index (χ0n) is 22.3. The maximum atomic E-state index is 11.0. The van der Waals surface area contributed by atoms with E-state index >= 15 is 0 Å². The van der Waals surface area contributed by atoms with Gasteiger partial charge in [0.15, 0.2) is 0 Å². The van der Waals surface area contributed by atoms with Crippen LogP contribution in [-0.2, 0) is 9.59 Å². The molecular weight excluding hydrogens is 530 g/mol. The van der Waals surface area contributed by atoms with Gasteiger partial charge in [-0.2, -0.15) is 0 Å². The Hall–Kier alpha value is -4.58. The number of rotatable bonds is 8. The highest BCUT2D eigenvalue weighted by molar-refractivity contribution is 7.01. The lowest BCUT2D eigenvalue weighted by Gasteiger charge is -2.22. The van der Waals surface area contributed by atoms with E-state index in [2.05, 4.69) is 10.6 Å². The largest absolute Gasteiger partial charge is 0.478 e. The highest BCUT2D eigenvalue weighted by atomic mass is 32.1. The minimum atomic E-state index is -1.11. The van der Waals surface area contributed by atoms with Gasteiger partial charge in [-0.25, -0.2) is 9.59 Å². The summed E-state index contributed by atoms with van der Waals surface area (Å²) in [7, 11) is 0. The van der Waals surface area contributed by atoms with Gasteiger partial charge < -0.3 is 41.9 Å². The lowest BCUT2D eigenvalue weighted by molar-refractivity contribution is -0.133. The van der Waals surface area contributed by atoms with Gasteiger partial charge in [0.25, 0.3) is 0 Å². The van der Waals surface area contributed by atoms with E-state index in [4.69, 9.17) is 31.3 Å². The second-order valence-electron chi connectivity index (χ2n) is 8.47. The molecule has 1 aliphatic heterocycles. The van der Waals surface area contributed by atoms with E-state index in [0.29, 0.717) is 5.70 Å². The van der Waals surface area contributed by atoms with Gasteiger partial charge in [-0.15, -0.1) is 0 Å². The molecule has 0 amide bonds. The molecule has 0 bridgehead atoms. The molecule has 1 aromatic heterocycles. The van der Waals surface area contributed by atoms with Crippen molar-refractivity contribution < 1.29 is 23.7 Å². The van der Waals surface area contributed by atoms with Crippen molar-refractivity contribution in [3.8, 4) is 0 Å². The molecule has 11 heteroatoms. The molecule has 2 atom stereocenters. The summed E-state index contributed by atoms with van der Waals surface area (Å²) in [5.41, 5.74) is 19.5. The van der Waals surface area contributed by atoms with E-state index in [0.717, 1.165) is 17.1 Å². The Kier molecular flexibility index (Phi) is 13.0. The van der Waals surface area contributed by atoms with Crippen molar-refractivity contribution in [1.29, 1.82) is 0 Å². The quantitative estimate of drug-likeness (QED) is 0.151. The summed E-state index contributed by atoms with van der Waals surface area (Å²) in [4.78, 5) is 21.9. The first-order chi connectivity index (χ1) is 19.1. The minimum Gasteiger partial charge on any atom is -0.478 e. The molecule has 0 saturated heterocycles. The van der Waals surface area contributed by atoms with Crippen LogP contribution in [0.3, 0.4) is 0 Å². The summed E-state index contributed by atoms with van der Waals surface area (Å²) in [6.07, 6.45) is 5.48. The SMILES string of the molecule is C/C=C(\C=C(/N)C1=CC(C(=O)O)=CC(CN)N1)C(=O)O.CC(N)c1cso1.c1ccc(Nc2ccccc2)cc1. The zero-order chi connectivity index (χ0) is 29.5. The number of carbonyl (C=O) groups is 2. The molecule has 2 unspecified atom stereocenters. The van der Waals surface area contributed by atoms with Crippen LogP contribution in [0.15, 0.2) is 117 Å². The van der Waals surface area contributed by atoms with Gasteiger partial charge in [0.1, 0.15) is 5.76 Å². The molecule has 2 aromatic carbocycles. The van der Waals surface area contributed by atoms with E-state index in [9.17, 15) is 9.59 Å². The van der Waals surface area contributed by atoms with E-state index in [1.807, 2.05) is 73.0 Å². The normalized spacial score (nSPS) is 15.6. The third kappa shape index (κ3) is 10.7. The van der Waals surface area contributed by atoms with Crippen molar-refractivity contribution in [2.75, 3.05) is 11.9 Å². The van der Waals surface area contributed by atoms with E-state index < -0.39 is 11.9 Å². The number of aliphatic carboxylic acids is 2. The summed E-state index contributed by atoms with van der Waals surface area (Å²) in [6, 6.07) is 20.0. The van der Waals surface area contributed by atoms with Crippen molar-refractivity contribution in [1.82, 2.24) is 5.32 Å². The fourth-order valence-corrected chi connectivity index (χ4v) is 3.71. The molecule has 212 valence electrons. The number of benzene rings is 2.